The molecule has 0 radical (unpaired) electrons. The van der Waals surface area contributed by atoms with Crippen LogP contribution in [0.2, 0.25) is 0 Å². The molecule has 3 atom stereocenters. The fourth-order valence-corrected chi connectivity index (χ4v) is 10.1. The smallest absolute Gasteiger partial charge is 0.243 e. The number of nitrogens with one attached hydrogen (secondary N) is 2. The lowest BCUT2D eigenvalue weighted by molar-refractivity contribution is -0.137. The number of amides is 2. The number of benzene rings is 2. The zero-order valence-electron chi connectivity index (χ0n) is 25.9. The van der Waals surface area contributed by atoms with Gasteiger partial charge in [-0.25, -0.2) is 0 Å². The minimum absolute atomic E-state index is 0.144. The Balaban J connectivity index is 1.24. The molecule has 1 saturated heterocycles. The lowest BCUT2D eigenvalue weighted by Crippen LogP contribution is -2.56. The summed E-state index contributed by atoms with van der Waals surface area (Å²) in [4.78, 5) is 39.0. The van der Waals surface area contributed by atoms with Crippen molar-refractivity contribution in [1.29, 1.82) is 0 Å². The number of piperidine rings is 1. The molecule has 2 amide bonds. The highest BCUT2D eigenvalue weighted by Gasteiger charge is 2.52. The lowest BCUT2D eigenvalue weighted by Gasteiger charge is -2.58. The molecule has 2 saturated carbocycles. The van der Waals surface area contributed by atoms with Crippen LogP contribution in [0.4, 0.5) is 0 Å². The number of hydrogen-bond acceptors (Lipinski definition) is 6. The van der Waals surface area contributed by atoms with Crippen molar-refractivity contribution < 1.29 is 14.4 Å². The number of thioether (sulfide) groups is 1. The average Bonchev–Trinajstić information content (AvgIpc) is 2.89. The maximum Gasteiger partial charge on any atom is 0.243 e. The summed E-state index contributed by atoms with van der Waals surface area (Å²) in [6.07, 6.45) is 8.21. The second kappa shape index (κ2) is 12.3. The van der Waals surface area contributed by atoms with Crippen LogP contribution in [-0.2, 0) is 28.4 Å². The van der Waals surface area contributed by atoms with Crippen LogP contribution in [0.15, 0.2) is 47.4 Å². The maximum atomic E-state index is 12.4. The number of rotatable bonds is 10. The van der Waals surface area contributed by atoms with Crippen LogP contribution in [0.5, 0.6) is 0 Å². The minimum atomic E-state index is -0.386. The van der Waals surface area contributed by atoms with Gasteiger partial charge < -0.3 is 5.32 Å². The Hall–Kier alpha value is -2.48. The van der Waals surface area contributed by atoms with Gasteiger partial charge in [0, 0.05) is 41.3 Å². The Morgan fingerprint density at radius 2 is 1.71 bits per heavy atom. The van der Waals surface area contributed by atoms with Crippen LogP contribution >= 0.6 is 11.8 Å². The molecule has 6 nitrogen and oxygen atoms in total. The van der Waals surface area contributed by atoms with Crippen LogP contribution in [0.1, 0.15) is 99.7 Å². The van der Waals surface area contributed by atoms with Gasteiger partial charge in [0.1, 0.15) is 6.29 Å². The first kappa shape index (κ1) is 31.0. The Bertz CT molecular complexity index is 1320. The molecule has 42 heavy (non-hydrogen) atoms. The quantitative estimate of drug-likeness (QED) is 0.187. The third kappa shape index (κ3) is 7.17. The van der Waals surface area contributed by atoms with E-state index in [1.807, 2.05) is 24.1 Å². The van der Waals surface area contributed by atoms with E-state index < -0.39 is 0 Å². The van der Waals surface area contributed by atoms with E-state index >= 15 is 0 Å². The first-order chi connectivity index (χ1) is 19.9. The van der Waals surface area contributed by atoms with E-state index in [9.17, 15) is 14.4 Å². The Kier molecular flexibility index (Phi) is 9.03. The van der Waals surface area contributed by atoms with E-state index in [-0.39, 0.29) is 23.4 Å². The molecule has 3 aliphatic rings. The van der Waals surface area contributed by atoms with Crippen molar-refractivity contribution in [2.24, 2.45) is 16.7 Å². The Morgan fingerprint density at radius 3 is 2.40 bits per heavy atom. The first-order valence-corrected chi connectivity index (χ1v) is 16.4. The molecule has 3 fully saturated rings. The molecule has 0 aromatic heterocycles. The molecule has 0 spiro atoms. The molecule has 2 aromatic rings. The number of aldehydes is 1. The summed E-state index contributed by atoms with van der Waals surface area (Å²) >= 11 is 1.72. The van der Waals surface area contributed by atoms with Gasteiger partial charge in [0.15, 0.2) is 0 Å². The highest BCUT2D eigenvalue weighted by Crippen LogP contribution is 2.59. The zero-order valence-corrected chi connectivity index (χ0v) is 26.7. The maximum absolute atomic E-state index is 12.4. The number of likely N-dealkylation sites (N-methyl/N-ethyl adjacent to an activating group) is 1. The van der Waals surface area contributed by atoms with Gasteiger partial charge in [-0.05, 0) is 92.0 Å². The van der Waals surface area contributed by atoms with Gasteiger partial charge in [0.2, 0.25) is 11.8 Å². The predicted molar refractivity (Wildman–Crippen MR) is 169 cm³/mol. The number of carbonyl (C=O) groups is 3. The molecular formula is C35H47N3O3S. The second-order valence-corrected chi connectivity index (χ2v) is 15.5. The third-order valence-electron chi connectivity index (χ3n) is 9.72. The lowest BCUT2D eigenvalue weighted by atomic mass is 9.50. The van der Waals surface area contributed by atoms with E-state index in [0.717, 1.165) is 35.0 Å². The molecule has 226 valence electrons. The number of fused-ring (bicyclic) bond motifs is 2. The molecule has 2 N–H and O–H groups in total. The highest BCUT2D eigenvalue weighted by atomic mass is 32.2. The van der Waals surface area contributed by atoms with Crippen LogP contribution < -0.4 is 10.6 Å². The Morgan fingerprint density at radius 1 is 1.02 bits per heavy atom. The van der Waals surface area contributed by atoms with Crippen molar-refractivity contribution in [3.63, 3.8) is 0 Å². The predicted octanol–water partition coefficient (Wildman–Crippen LogP) is 6.50. The molecule has 1 heterocycles. The van der Waals surface area contributed by atoms with E-state index in [1.54, 1.807) is 11.8 Å². The summed E-state index contributed by atoms with van der Waals surface area (Å²) in [5.74, 6) is 1.12. The molecule has 2 aliphatic carbocycles. The minimum Gasteiger partial charge on any atom is -0.307 e. The SMILES string of the molecule is CC1CC2(C)CC(C)(C1)CC(C)(NCc1cccc(CSc3cccc(C=O)c3CN(C)C3CCC(=O)NC3=O)c1)C2. The van der Waals surface area contributed by atoms with Crippen molar-refractivity contribution in [3.05, 3.63) is 64.7 Å². The number of hydrogen-bond donors (Lipinski definition) is 2. The largest absolute Gasteiger partial charge is 0.307 e. The first-order valence-electron chi connectivity index (χ1n) is 15.4. The van der Waals surface area contributed by atoms with E-state index in [2.05, 4.69) is 68.7 Å². The van der Waals surface area contributed by atoms with Crippen molar-refractivity contribution >= 4 is 29.9 Å². The van der Waals surface area contributed by atoms with Gasteiger partial charge in [0.25, 0.3) is 0 Å². The fraction of sp³-hybridized carbons (Fsp3) is 0.571. The van der Waals surface area contributed by atoms with Crippen LogP contribution in [-0.4, -0.2) is 41.6 Å². The van der Waals surface area contributed by atoms with E-state index in [4.69, 9.17) is 0 Å². The van der Waals surface area contributed by atoms with Crippen molar-refractivity contribution in [3.8, 4) is 0 Å². The highest BCUT2D eigenvalue weighted by molar-refractivity contribution is 7.98. The van der Waals surface area contributed by atoms with E-state index in [0.29, 0.717) is 35.8 Å². The van der Waals surface area contributed by atoms with E-state index in [1.165, 1.54) is 43.2 Å². The Labute approximate surface area is 255 Å². The monoisotopic (exact) mass is 589 g/mol. The van der Waals surface area contributed by atoms with Crippen molar-refractivity contribution in [1.82, 2.24) is 15.5 Å². The van der Waals surface area contributed by atoms with Crippen LogP contribution in [0.25, 0.3) is 0 Å². The molecule has 2 aromatic carbocycles. The molecule has 1 aliphatic heterocycles. The van der Waals surface area contributed by atoms with Crippen molar-refractivity contribution in [2.75, 3.05) is 7.05 Å². The summed E-state index contributed by atoms with van der Waals surface area (Å²) in [5, 5.41) is 6.43. The normalized spacial score (nSPS) is 31.2. The van der Waals surface area contributed by atoms with Crippen molar-refractivity contribution in [2.45, 2.75) is 108 Å². The molecule has 2 bridgehead atoms. The summed E-state index contributed by atoms with van der Waals surface area (Å²) < 4.78 is 0. The topological polar surface area (TPSA) is 78.5 Å². The fourth-order valence-electron chi connectivity index (χ4n) is 9.04. The van der Waals surface area contributed by atoms with Gasteiger partial charge in [-0.3, -0.25) is 24.6 Å². The molecule has 5 rings (SSSR count). The molecule has 3 unspecified atom stereocenters. The van der Waals surface area contributed by atoms with Gasteiger partial charge in [0.05, 0.1) is 6.04 Å². The zero-order chi connectivity index (χ0) is 30.1. The van der Waals surface area contributed by atoms with Gasteiger partial charge >= 0.3 is 0 Å². The summed E-state index contributed by atoms with van der Waals surface area (Å²) in [6, 6.07) is 14.3. The molecular weight excluding hydrogens is 542 g/mol. The second-order valence-electron chi connectivity index (χ2n) is 14.5. The van der Waals surface area contributed by atoms with Crippen LogP contribution in [0.3, 0.4) is 0 Å². The van der Waals surface area contributed by atoms with Crippen LogP contribution in [0, 0.1) is 16.7 Å². The van der Waals surface area contributed by atoms with Gasteiger partial charge in [-0.2, -0.15) is 0 Å². The van der Waals surface area contributed by atoms with Gasteiger partial charge in [-0.15, -0.1) is 11.8 Å². The average molecular weight is 590 g/mol. The number of carbonyl (C=O) groups excluding carboxylic acids is 3. The standard InChI is InChI=1S/C35H47N3O3S/c1-24-15-33(2)21-34(3,16-24)23-35(4,22-33)36-17-25-8-6-9-26(14-25)20-42-30-11-7-10-27(19-39)28(30)18-38(5)29-12-13-31(40)37-32(29)41/h6-11,14,19,24,29,36H,12-13,15-18,20-23H2,1-5H3,(H,37,40,41). The number of imide groups is 1. The third-order valence-corrected chi connectivity index (χ3v) is 10.9. The summed E-state index contributed by atoms with van der Waals surface area (Å²) in [7, 11) is 1.88. The molecule has 7 heteroatoms. The van der Waals surface area contributed by atoms with Gasteiger partial charge in [-0.1, -0.05) is 57.2 Å². The summed E-state index contributed by atoms with van der Waals surface area (Å²) in [5.41, 5.74) is 5.10. The number of nitrogens with zero attached hydrogens (tertiary/aromatic N) is 1. The summed E-state index contributed by atoms with van der Waals surface area (Å²) in [6.45, 7) is 11.2.